The van der Waals surface area contributed by atoms with Crippen molar-refractivity contribution >= 4 is 11.8 Å². The highest BCUT2D eigenvalue weighted by atomic mass is 32.2. The van der Waals surface area contributed by atoms with Crippen molar-refractivity contribution in [1.82, 2.24) is 15.2 Å². The Morgan fingerprint density at radius 3 is 2.78 bits per heavy atom. The smallest absolute Gasteiger partial charge is 0.276 e. The van der Waals surface area contributed by atoms with Crippen LogP contribution in [-0.2, 0) is 6.42 Å². The van der Waals surface area contributed by atoms with E-state index >= 15 is 0 Å². The number of nitrogens with zero attached hydrogens (tertiary/aromatic N) is 3. The standard InChI is InChI=1S/C16H13N3O3S/c1-2-13-14(21-10-20-13)9-12(1)15-18-19-16(22-15)23-8-5-11-3-6-17-7-4-11/h1-4,6-7,9H,5,8,10H2. The first-order valence-electron chi connectivity index (χ1n) is 7.14. The Bertz CT molecular complexity index is 807. The first-order chi connectivity index (χ1) is 11.4. The van der Waals surface area contributed by atoms with Crippen molar-refractivity contribution in [3.63, 3.8) is 0 Å². The van der Waals surface area contributed by atoms with Gasteiger partial charge in [-0.15, -0.1) is 10.2 Å². The number of ether oxygens (including phenoxy) is 2. The summed E-state index contributed by atoms with van der Waals surface area (Å²) >= 11 is 1.54. The molecule has 0 unspecified atom stereocenters. The van der Waals surface area contributed by atoms with Gasteiger partial charge in [0.25, 0.3) is 5.22 Å². The Kier molecular flexibility index (Phi) is 3.85. The highest BCUT2D eigenvalue weighted by Gasteiger charge is 2.16. The molecule has 0 radical (unpaired) electrons. The molecule has 4 rings (SSSR count). The van der Waals surface area contributed by atoms with Crippen LogP contribution in [0.4, 0.5) is 0 Å². The summed E-state index contributed by atoms with van der Waals surface area (Å²) in [7, 11) is 0. The van der Waals surface area contributed by atoms with E-state index in [9.17, 15) is 0 Å². The molecule has 0 fully saturated rings. The molecule has 0 bridgehead atoms. The molecule has 1 aliphatic heterocycles. The molecule has 3 aromatic rings. The second kappa shape index (κ2) is 6.29. The molecule has 0 saturated heterocycles. The number of hydrogen-bond donors (Lipinski definition) is 0. The van der Waals surface area contributed by atoms with Gasteiger partial charge in [0.2, 0.25) is 12.7 Å². The van der Waals surface area contributed by atoms with Gasteiger partial charge in [-0.1, -0.05) is 11.8 Å². The van der Waals surface area contributed by atoms with Crippen molar-refractivity contribution in [2.75, 3.05) is 12.5 Å². The van der Waals surface area contributed by atoms with Gasteiger partial charge in [0.15, 0.2) is 11.5 Å². The van der Waals surface area contributed by atoms with E-state index in [4.69, 9.17) is 13.9 Å². The monoisotopic (exact) mass is 327 g/mol. The molecule has 0 N–H and O–H groups in total. The molecule has 2 aromatic heterocycles. The predicted molar refractivity (Wildman–Crippen MR) is 84.5 cm³/mol. The van der Waals surface area contributed by atoms with E-state index < -0.39 is 0 Å². The Morgan fingerprint density at radius 1 is 1.00 bits per heavy atom. The second-order valence-corrected chi connectivity index (χ2v) is 5.94. The van der Waals surface area contributed by atoms with E-state index in [1.54, 1.807) is 12.4 Å². The molecule has 7 heteroatoms. The number of pyridine rings is 1. The van der Waals surface area contributed by atoms with E-state index in [-0.39, 0.29) is 6.79 Å². The fourth-order valence-corrected chi connectivity index (χ4v) is 2.97. The molecule has 1 aliphatic rings. The zero-order chi connectivity index (χ0) is 15.5. The van der Waals surface area contributed by atoms with E-state index in [1.165, 1.54) is 17.3 Å². The Balaban J connectivity index is 1.41. The minimum atomic E-state index is 0.249. The summed E-state index contributed by atoms with van der Waals surface area (Å²) in [5.41, 5.74) is 2.06. The summed E-state index contributed by atoms with van der Waals surface area (Å²) in [6.45, 7) is 0.249. The molecule has 0 atom stereocenters. The minimum absolute atomic E-state index is 0.249. The largest absolute Gasteiger partial charge is 0.454 e. The highest BCUT2D eigenvalue weighted by molar-refractivity contribution is 7.99. The quantitative estimate of drug-likeness (QED) is 0.666. The first kappa shape index (κ1) is 14.1. The van der Waals surface area contributed by atoms with Gasteiger partial charge in [-0.25, -0.2) is 0 Å². The first-order valence-corrected chi connectivity index (χ1v) is 8.12. The fraction of sp³-hybridized carbons (Fsp3) is 0.188. The molecule has 6 nitrogen and oxygen atoms in total. The van der Waals surface area contributed by atoms with Crippen molar-refractivity contribution in [2.45, 2.75) is 11.6 Å². The lowest BCUT2D eigenvalue weighted by Gasteiger charge is -1.99. The van der Waals surface area contributed by atoms with E-state index in [1.807, 2.05) is 30.3 Å². The third kappa shape index (κ3) is 3.14. The van der Waals surface area contributed by atoms with Crippen LogP contribution in [0.5, 0.6) is 11.5 Å². The lowest BCUT2D eigenvalue weighted by atomic mass is 10.2. The average molecular weight is 327 g/mol. The van der Waals surface area contributed by atoms with Crippen LogP contribution in [0, 0.1) is 0 Å². The Labute approximate surface area is 136 Å². The summed E-state index contributed by atoms with van der Waals surface area (Å²) in [4.78, 5) is 4.01. The SMILES string of the molecule is c1cc(CCSc2nnc(-c3ccc4c(c3)OCO4)o2)ccn1. The Morgan fingerprint density at radius 2 is 1.87 bits per heavy atom. The zero-order valence-corrected chi connectivity index (χ0v) is 13.0. The Hall–Kier alpha value is -2.54. The van der Waals surface area contributed by atoms with Crippen LogP contribution in [0.2, 0.25) is 0 Å². The number of aromatic nitrogens is 3. The number of benzene rings is 1. The number of fused-ring (bicyclic) bond motifs is 1. The summed E-state index contributed by atoms with van der Waals surface area (Å²) in [5.74, 6) is 2.79. The topological polar surface area (TPSA) is 70.3 Å². The van der Waals surface area contributed by atoms with Crippen molar-refractivity contribution < 1.29 is 13.9 Å². The molecule has 0 saturated carbocycles. The van der Waals surface area contributed by atoms with Gasteiger partial charge < -0.3 is 13.9 Å². The van der Waals surface area contributed by atoms with Crippen LogP contribution in [-0.4, -0.2) is 27.7 Å². The predicted octanol–water partition coefficient (Wildman–Crippen LogP) is 3.20. The van der Waals surface area contributed by atoms with Gasteiger partial charge in [-0.2, -0.15) is 0 Å². The maximum Gasteiger partial charge on any atom is 0.276 e. The highest BCUT2D eigenvalue weighted by Crippen LogP contribution is 2.36. The van der Waals surface area contributed by atoms with Crippen molar-refractivity contribution in [3.05, 3.63) is 48.3 Å². The maximum absolute atomic E-state index is 5.70. The van der Waals surface area contributed by atoms with Crippen LogP contribution >= 0.6 is 11.8 Å². The van der Waals surface area contributed by atoms with E-state index in [0.717, 1.165) is 23.5 Å². The molecular weight excluding hydrogens is 314 g/mol. The summed E-state index contributed by atoms with van der Waals surface area (Å²) in [5, 5.41) is 8.73. The zero-order valence-electron chi connectivity index (χ0n) is 12.1. The molecule has 3 heterocycles. The molecule has 1 aromatic carbocycles. The molecule has 0 aliphatic carbocycles. The molecule has 0 spiro atoms. The van der Waals surface area contributed by atoms with E-state index in [2.05, 4.69) is 15.2 Å². The number of thioether (sulfide) groups is 1. The second-order valence-electron chi connectivity index (χ2n) is 4.90. The van der Waals surface area contributed by atoms with Crippen LogP contribution in [0.25, 0.3) is 11.5 Å². The van der Waals surface area contributed by atoms with Crippen molar-refractivity contribution in [2.24, 2.45) is 0 Å². The average Bonchev–Trinajstić information content (AvgIpc) is 3.24. The van der Waals surface area contributed by atoms with Crippen molar-refractivity contribution in [3.8, 4) is 23.0 Å². The van der Waals surface area contributed by atoms with Gasteiger partial charge in [0, 0.05) is 23.7 Å². The van der Waals surface area contributed by atoms with Gasteiger partial charge >= 0.3 is 0 Å². The third-order valence-electron chi connectivity index (χ3n) is 3.39. The molecule has 23 heavy (non-hydrogen) atoms. The minimum Gasteiger partial charge on any atom is -0.454 e. The maximum atomic E-state index is 5.70. The van der Waals surface area contributed by atoms with Gasteiger partial charge in [0.1, 0.15) is 0 Å². The normalized spacial score (nSPS) is 12.5. The molecule has 0 amide bonds. The van der Waals surface area contributed by atoms with Crippen LogP contribution in [0.1, 0.15) is 5.56 Å². The number of aryl methyl sites for hydroxylation is 1. The van der Waals surface area contributed by atoms with Crippen LogP contribution < -0.4 is 9.47 Å². The number of hydrogen-bond acceptors (Lipinski definition) is 7. The third-order valence-corrected chi connectivity index (χ3v) is 4.21. The van der Waals surface area contributed by atoms with Crippen LogP contribution in [0.15, 0.2) is 52.4 Å². The van der Waals surface area contributed by atoms with E-state index in [0.29, 0.717) is 16.9 Å². The van der Waals surface area contributed by atoms with Gasteiger partial charge in [0.05, 0.1) is 0 Å². The number of rotatable bonds is 5. The van der Waals surface area contributed by atoms with Crippen molar-refractivity contribution in [1.29, 1.82) is 0 Å². The summed E-state index contributed by atoms with van der Waals surface area (Å²) in [6, 6.07) is 9.59. The van der Waals surface area contributed by atoms with Gasteiger partial charge in [-0.3, -0.25) is 4.98 Å². The molecule has 116 valence electrons. The fourth-order valence-electron chi connectivity index (χ4n) is 2.22. The van der Waals surface area contributed by atoms with Gasteiger partial charge in [-0.05, 0) is 42.3 Å². The summed E-state index contributed by atoms with van der Waals surface area (Å²) in [6.07, 6.45) is 4.52. The lowest BCUT2D eigenvalue weighted by molar-refractivity contribution is 0.174. The molecular formula is C16H13N3O3S. The van der Waals surface area contributed by atoms with Crippen LogP contribution in [0.3, 0.4) is 0 Å². The summed E-state index contributed by atoms with van der Waals surface area (Å²) < 4.78 is 16.4. The lowest BCUT2D eigenvalue weighted by Crippen LogP contribution is -1.92.